The molecule has 1 aromatic carbocycles. The van der Waals surface area contributed by atoms with Crippen LogP contribution >= 0.6 is 24.0 Å². The number of hydrogen-bond donors (Lipinski definition) is 2. The highest BCUT2D eigenvalue weighted by Gasteiger charge is 2.06. The van der Waals surface area contributed by atoms with Gasteiger partial charge < -0.3 is 5.73 Å². The van der Waals surface area contributed by atoms with Gasteiger partial charge in [0.05, 0.1) is 11.6 Å². The summed E-state index contributed by atoms with van der Waals surface area (Å²) in [6.07, 6.45) is 0. The molecule has 13 heavy (non-hydrogen) atoms. The quantitative estimate of drug-likeness (QED) is 0.651. The Hall–Kier alpha value is -1.18. The summed E-state index contributed by atoms with van der Waals surface area (Å²) in [5, 5.41) is 10.4. The van der Waals surface area contributed by atoms with E-state index in [4.69, 9.17) is 11.0 Å². The maximum atomic E-state index is 8.69. The van der Waals surface area contributed by atoms with E-state index in [0.717, 1.165) is 15.0 Å². The van der Waals surface area contributed by atoms with E-state index in [1.54, 1.807) is 6.07 Å². The Morgan fingerprint density at radius 2 is 2.23 bits per heavy atom. The van der Waals surface area contributed by atoms with Crippen LogP contribution in [-0.4, -0.2) is 0 Å². The first-order chi connectivity index (χ1) is 6.22. The van der Waals surface area contributed by atoms with Crippen molar-refractivity contribution in [1.29, 1.82) is 5.26 Å². The average molecular weight is 206 g/mol. The van der Waals surface area contributed by atoms with Gasteiger partial charge in [-0.15, -0.1) is 24.0 Å². The largest absolute Gasteiger partial charge is 0.390 e. The van der Waals surface area contributed by atoms with Crippen molar-refractivity contribution in [1.82, 2.24) is 0 Å². The zero-order valence-corrected chi connectivity index (χ0v) is 8.32. The number of thiophene rings is 1. The van der Waals surface area contributed by atoms with Crippen molar-refractivity contribution < 1.29 is 0 Å². The predicted molar refractivity (Wildman–Crippen MR) is 58.2 cm³/mol. The Balaban J connectivity index is 2.84. The van der Waals surface area contributed by atoms with E-state index in [-0.39, 0.29) is 0 Å². The molecule has 0 fully saturated rings. The zero-order valence-electron chi connectivity index (χ0n) is 6.61. The number of fused-ring (bicyclic) bond motifs is 1. The lowest BCUT2D eigenvalue weighted by Gasteiger charge is -1.91. The van der Waals surface area contributed by atoms with E-state index in [2.05, 4.69) is 18.7 Å². The van der Waals surface area contributed by atoms with E-state index in [0.29, 0.717) is 10.6 Å². The maximum absolute atomic E-state index is 8.69. The van der Waals surface area contributed by atoms with Crippen LogP contribution in [-0.2, 0) is 0 Å². The molecular formula is C9H6N2S2. The number of anilines is 1. The van der Waals surface area contributed by atoms with Gasteiger partial charge >= 0.3 is 0 Å². The van der Waals surface area contributed by atoms with Crippen LogP contribution in [0.4, 0.5) is 5.00 Å². The predicted octanol–water partition coefficient (Wildman–Crippen LogP) is 2.64. The van der Waals surface area contributed by atoms with Crippen molar-refractivity contribution in [3.63, 3.8) is 0 Å². The number of nitriles is 1. The molecule has 0 aliphatic rings. The third-order valence-electron chi connectivity index (χ3n) is 1.82. The van der Waals surface area contributed by atoms with Crippen LogP contribution in [0.25, 0.3) is 10.1 Å². The molecule has 0 saturated heterocycles. The molecule has 1 heterocycles. The first-order valence-corrected chi connectivity index (χ1v) is 4.90. The monoisotopic (exact) mass is 206 g/mol. The zero-order chi connectivity index (χ0) is 9.42. The highest BCUT2D eigenvalue weighted by Crippen LogP contribution is 2.36. The molecule has 4 heteroatoms. The van der Waals surface area contributed by atoms with E-state index in [1.165, 1.54) is 11.3 Å². The van der Waals surface area contributed by atoms with Gasteiger partial charge in [0.15, 0.2) is 0 Å². The molecule has 0 atom stereocenters. The molecule has 2 nitrogen and oxygen atoms in total. The van der Waals surface area contributed by atoms with E-state index in [9.17, 15) is 0 Å². The third kappa shape index (κ3) is 1.26. The molecule has 2 rings (SSSR count). The van der Waals surface area contributed by atoms with Crippen molar-refractivity contribution >= 4 is 39.1 Å². The topological polar surface area (TPSA) is 49.8 Å². The summed E-state index contributed by atoms with van der Waals surface area (Å²) < 4.78 is 1.07. The number of nitrogens with zero attached hydrogens (tertiary/aromatic N) is 1. The van der Waals surface area contributed by atoms with Crippen molar-refractivity contribution in [3.05, 3.63) is 23.8 Å². The number of benzene rings is 1. The van der Waals surface area contributed by atoms with Crippen LogP contribution in [0, 0.1) is 11.3 Å². The second kappa shape index (κ2) is 2.95. The van der Waals surface area contributed by atoms with Gasteiger partial charge in [-0.2, -0.15) is 5.26 Å². The Bertz CT molecular complexity index is 508. The lowest BCUT2D eigenvalue weighted by atomic mass is 10.2. The fourth-order valence-electron chi connectivity index (χ4n) is 1.17. The smallest absolute Gasteiger partial charge is 0.100 e. The van der Waals surface area contributed by atoms with Crippen molar-refractivity contribution in [2.24, 2.45) is 0 Å². The minimum Gasteiger partial charge on any atom is -0.390 e. The van der Waals surface area contributed by atoms with Crippen molar-refractivity contribution in [3.8, 4) is 6.07 Å². The lowest BCUT2D eigenvalue weighted by molar-refractivity contribution is 1.49. The first kappa shape index (κ1) is 8.42. The highest BCUT2D eigenvalue weighted by atomic mass is 32.1. The minimum atomic E-state index is 0.639. The average Bonchev–Trinajstić information content (AvgIpc) is 2.43. The molecule has 1 aromatic heterocycles. The van der Waals surface area contributed by atoms with Crippen molar-refractivity contribution in [2.75, 3.05) is 5.73 Å². The molecule has 0 spiro atoms. The highest BCUT2D eigenvalue weighted by molar-refractivity contribution is 7.81. The molecule has 0 aliphatic carbocycles. The van der Waals surface area contributed by atoms with Crippen molar-refractivity contribution in [2.45, 2.75) is 4.90 Å². The third-order valence-corrected chi connectivity index (χ3v) is 3.45. The second-order valence-corrected chi connectivity index (χ2v) is 4.17. The molecule has 2 aromatic rings. The molecule has 0 amide bonds. The molecule has 0 bridgehead atoms. The van der Waals surface area contributed by atoms with E-state index >= 15 is 0 Å². The number of hydrogen-bond acceptors (Lipinski definition) is 4. The summed E-state index contributed by atoms with van der Waals surface area (Å²) in [6.45, 7) is 0. The number of nitrogens with two attached hydrogens (primary N) is 1. The van der Waals surface area contributed by atoms with Gasteiger partial charge in [-0.25, -0.2) is 0 Å². The fraction of sp³-hybridized carbons (Fsp3) is 0. The number of thiol groups is 1. The maximum Gasteiger partial charge on any atom is 0.100 e. The van der Waals surface area contributed by atoms with Gasteiger partial charge in [0.25, 0.3) is 0 Å². The summed E-state index contributed by atoms with van der Waals surface area (Å²) >= 11 is 5.77. The van der Waals surface area contributed by atoms with Crippen LogP contribution in [0.1, 0.15) is 5.56 Å². The van der Waals surface area contributed by atoms with Gasteiger partial charge in [0, 0.05) is 15.0 Å². The summed E-state index contributed by atoms with van der Waals surface area (Å²) in [5.41, 5.74) is 6.34. The standard InChI is InChI=1S/C9H6N2S2/c10-4-5-1-2-7-6(3-5)8(12)9(11)13-7/h1-3,12H,11H2. The van der Waals surface area contributed by atoms with Crippen LogP contribution in [0.15, 0.2) is 23.1 Å². The van der Waals surface area contributed by atoms with Gasteiger partial charge in [-0.05, 0) is 18.2 Å². The van der Waals surface area contributed by atoms with E-state index < -0.39 is 0 Å². The second-order valence-electron chi connectivity index (χ2n) is 2.64. The van der Waals surface area contributed by atoms with Gasteiger partial charge in [-0.1, -0.05) is 0 Å². The van der Waals surface area contributed by atoms with Crippen LogP contribution < -0.4 is 5.73 Å². The molecule has 0 saturated carbocycles. The Labute approximate surface area is 85.0 Å². The number of nitrogen functional groups attached to an aromatic ring is 1. The molecular weight excluding hydrogens is 200 g/mol. The Kier molecular flexibility index (Phi) is 1.91. The normalized spacial score (nSPS) is 10.2. The van der Waals surface area contributed by atoms with Gasteiger partial charge in [0.1, 0.15) is 5.00 Å². The summed E-state index contributed by atoms with van der Waals surface area (Å²) in [5.74, 6) is 0. The van der Waals surface area contributed by atoms with Gasteiger partial charge in [0.2, 0.25) is 0 Å². The Morgan fingerprint density at radius 3 is 2.92 bits per heavy atom. The number of rotatable bonds is 0. The summed E-state index contributed by atoms with van der Waals surface area (Å²) in [7, 11) is 0. The first-order valence-electron chi connectivity index (χ1n) is 3.63. The molecule has 2 N–H and O–H groups in total. The Morgan fingerprint density at radius 1 is 1.46 bits per heavy atom. The van der Waals surface area contributed by atoms with Gasteiger partial charge in [-0.3, -0.25) is 0 Å². The van der Waals surface area contributed by atoms with E-state index in [1.807, 2.05) is 12.1 Å². The fourth-order valence-corrected chi connectivity index (χ4v) is 2.42. The summed E-state index contributed by atoms with van der Waals surface area (Å²) in [6, 6.07) is 7.58. The lowest BCUT2D eigenvalue weighted by Crippen LogP contribution is -1.77. The SMILES string of the molecule is N#Cc1ccc2sc(N)c(S)c2c1. The molecule has 0 unspecified atom stereocenters. The molecule has 64 valence electrons. The summed E-state index contributed by atoms with van der Waals surface area (Å²) in [4.78, 5) is 0.775. The van der Waals surface area contributed by atoms with Crippen LogP contribution in [0.3, 0.4) is 0 Å². The molecule has 0 radical (unpaired) electrons. The molecule has 0 aliphatic heterocycles. The van der Waals surface area contributed by atoms with Crippen LogP contribution in [0.2, 0.25) is 0 Å². The van der Waals surface area contributed by atoms with Crippen LogP contribution in [0.5, 0.6) is 0 Å². The minimum absolute atomic E-state index is 0.639.